The fraction of sp³-hybridized carbons (Fsp3) is 0.154. The summed E-state index contributed by atoms with van der Waals surface area (Å²) >= 11 is 1.30. The zero-order valence-electron chi connectivity index (χ0n) is 9.90. The van der Waals surface area contributed by atoms with Crippen molar-refractivity contribution in [1.82, 2.24) is 0 Å². The van der Waals surface area contributed by atoms with Crippen molar-refractivity contribution in [3.05, 3.63) is 45.9 Å². The van der Waals surface area contributed by atoms with Gasteiger partial charge in [0.05, 0.1) is 24.7 Å². The summed E-state index contributed by atoms with van der Waals surface area (Å²) in [6, 6.07) is 5.79. The SMILES string of the molecule is COc1cc(F)cc(C(=O)c2cccs2)c1OC. The Labute approximate surface area is 108 Å². The van der Waals surface area contributed by atoms with Crippen LogP contribution in [0.2, 0.25) is 0 Å². The molecule has 0 N–H and O–H groups in total. The molecule has 0 amide bonds. The number of ketones is 1. The van der Waals surface area contributed by atoms with Gasteiger partial charge in [-0.3, -0.25) is 4.79 Å². The molecule has 3 nitrogen and oxygen atoms in total. The van der Waals surface area contributed by atoms with Gasteiger partial charge in [-0.1, -0.05) is 6.07 Å². The van der Waals surface area contributed by atoms with Crippen LogP contribution in [0.15, 0.2) is 29.6 Å². The number of methoxy groups -OCH3 is 2. The van der Waals surface area contributed by atoms with Crippen LogP contribution in [0.25, 0.3) is 0 Å². The van der Waals surface area contributed by atoms with E-state index in [9.17, 15) is 9.18 Å². The summed E-state index contributed by atoms with van der Waals surface area (Å²) in [5, 5.41) is 1.79. The minimum atomic E-state index is -0.535. The van der Waals surface area contributed by atoms with Crippen molar-refractivity contribution in [3.8, 4) is 11.5 Å². The molecule has 0 spiro atoms. The number of thiophene rings is 1. The number of hydrogen-bond acceptors (Lipinski definition) is 4. The molecule has 94 valence electrons. The van der Waals surface area contributed by atoms with E-state index in [1.54, 1.807) is 17.5 Å². The van der Waals surface area contributed by atoms with E-state index in [0.29, 0.717) is 4.88 Å². The third kappa shape index (κ3) is 2.22. The van der Waals surface area contributed by atoms with Gasteiger partial charge < -0.3 is 9.47 Å². The highest BCUT2D eigenvalue weighted by atomic mass is 32.1. The zero-order valence-corrected chi connectivity index (χ0v) is 10.7. The van der Waals surface area contributed by atoms with Crippen LogP contribution < -0.4 is 9.47 Å². The highest BCUT2D eigenvalue weighted by Crippen LogP contribution is 2.34. The lowest BCUT2D eigenvalue weighted by atomic mass is 10.1. The normalized spacial score (nSPS) is 10.2. The van der Waals surface area contributed by atoms with Gasteiger partial charge in [0.25, 0.3) is 0 Å². The lowest BCUT2D eigenvalue weighted by molar-refractivity contribution is 0.103. The number of carbonyl (C=O) groups is 1. The monoisotopic (exact) mass is 266 g/mol. The molecule has 1 aromatic heterocycles. The molecule has 1 heterocycles. The van der Waals surface area contributed by atoms with Crippen LogP contribution in [0.3, 0.4) is 0 Å². The highest BCUT2D eigenvalue weighted by molar-refractivity contribution is 7.12. The Morgan fingerprint density at radius 3 is 2.61 bits per heavy atom. The molecule has 2 aromatic rings. The average molecular weight is 266 g/mol. The van der Waals surface area contributed by atoms with Crippen molar-refractivity contribution in [3.63, 3.8) is 0 Å². The number of benzene rings is 1. The van der Waals surface area contributed by atoms with Crippen molar-refractivity contribution in [2.45, 2.75) is 0 Å². The van der Waals surface area contributed by atoms with E-state index in [0.717, 1.165) is 6.07 Å². The fourth-order valence-corrected chi connectivity index (χ4v) is 2.32. The number of halogens is 1. The summed E-state index contributed by atoms with van der Waals surface area (Å²) in [7, 11) is 2.82. The summed E-state index contributed by atoms with van der Waals surface area (Å²) in [4.78, 5) is 12.7. The molecule has 0 radical (unpaired) electrons. The Bertz CT molecular complexity index is 564. The van der Waals surface area contributed by atoms with Crippen LogP contribution in [-0.4, -0.2) is 20.0 Å². The predicted molar refractivity (Wildman–Crippen MR) is 67.3 cm³/mol. The van der Waals surface area contributed by atoms with Gasteiger partial charge in [0.2, 0.25) is 5.78 Å². The third-order valence-corrected chi connectivity index (χ3v) is 3.30. The second-order valence-electron chi connectivity index (χ2n) is 3.50. The maximum atomic E-state index is 13.4. The fourth-order valence-electron chi connectivity index (χ4n) is 1.64. The van der Waals surface area contributed by atoms with Crippen LogP contribution in [-0.2, 0) is 0 Å². The van der Waals surface area contributed by atoms with Crippen molar-refractivity contribution >= 4 is 17.1 Å². The molecule has 0 bridgehead atoms. The maximum absolute atomic E-state index is 13.4. The summed E-state index contributed by atoms with van der Waals surface area (Å²) in [5.74, 6) is -0.359. The Morgan fingerprint density at radius 2 is 2.06 bits per heavy atom. The van der Waals surface area contributed by atoms with E-state index in [2.05, 4.69) is 0 Å². The first-order chi connectivity index (χ1) is 8.67. The first-order valence-corrected chi connectivity index (χ1v) is 6.05. The molecular weight excluding hydrogens is 255 g/mol. The minimum Gasteiger partial charge on any atom is -0.493 e. The van der Waals surface area contributed by atoms with E-state index in [4.69, 9.17) is 9.47 Å². The molecular formula is C13H11FO3S. The van der Waals surface area contributed by atoms with Gasteiger partial charge in [0.15, 0.2) is 11.5 Å². The van der Waals surface area contributed by atoms with Crippen molar-refractivity contribution < 1.29 is 18.7 Å². The first-order valence-electron chi connectivity index (χ1n) is 5.17. The Morgan fingerprint density at radius 1 is 1.28 bits per heavy atom. The van der Waals surface area contributed by atoms with E-state index < -0.39 is 5.82 Å². The van der Waals surface area contributed by atoms with Crippen LogP contribution in [0, 0.1) is 5.82 Å². The van der Waals surface area contributed by atoms with E-state index in [1.807, 2.05) is 0 Å². The zero-order chi connectivity index (χ0) is 13.1. The molecule has 0 aliphatic carbocycles. The number of ether oxygens (including phenoxy) is 2. The van der Waals surface area contributed by atoms with Gasteiger partial charge in [0.1, 0.15) is 5.82 Å². The Kier molecular flexibility index (Phi) is 3.62. The molecule has 0 fully saturated rings. The topological polar surface area (TPSA) is 35.5 Å². The van der Waals surface area contributed by atoms with Crippen LogP contribution in [0.4, 0.5) is 4.39 Å². The van der Waals surface area contributed by atoms with Gasteiger partial charge in [0, 0.05) is 6.07 Å². The Balaban J connectivity index is 2.56. The predicted octanol–water partition coefficient (Wildman–Crippen LogP) is 3.14. The summed E-state index contributed by atoms with van der Waals surface area (Å²) < 4.78 is 23.6. The van der Waals surface area contributed by atoms with Crippen molar-refractivity contribution in [2.75, 3.05) is 14.2 Å². The van der Waals surface area contributed by atoms with Gasteiger partial charge in [-0.05, 0) is 17.5 Å². The number of carbonyl (C=O) groups excluding carboxylic acids is 1. The molecule has 0 unspecified atom stereocenters. The van der Waals surface area contributed by atoms with E-state index in [-0.39, 0.29) is 22.8 Å². The quantitative estimate of drug-likeness (QED) is 0.797. The molecule has 2 rings (SSSR count). The van der Waals surface area contributed by atoms with Crippen molar-refractivity contribution in [1.29, 1.82) is 0 Å². The average Bonchev–Trinajstić information content (AvgIpc) is 2.90. The number of rotatable bonds is 4. The smallest absolute Gasteiger partial charge is 0.206 e. The van der Waals surface area contributed by atoms with Gasteiger partial charge in [-0.15, -0.1) is 11.3 Å². The van der Waals surface area contributed by atoms with Crippen LogP contribution in [0.5, 0.6) is 11.5 Å². The molecule has 5 heteroatoms. The summed E-state index contributed by atoms with van der Waals surface area (Å²) in [6.45, 7) is 0. The molecule has 0 aliphatic heterocycles. The van der Waals surface area contributed by atoms with Gasteiger partial charge >= 0.3 is 0 Å². The highest BCUT2D eigenvalue weighted by Gasteiger charge is 2.20. The Hall–Kier alpha value is -1.88. The lowest BCUT2D eigenvalue weighted by Crippen LogP contribution is -2.04. The van der Waals surface area contributed by atoms with Gasteiger partial charge in [-0.25, -0.2) is 4.39 Å². The van der Waals surface area contributed by atoms with Crippen molar-refractivity contribution in [2.24, 2.45) is 0 Å². The van der Waals surface area contributed by atoms with Gasteiger partial charge in [-0.2, -0.15) is 0 Å². The molecule has 0 atom stereocenters. The minimum absolute atomic E-state index is 0.164. The van der Waals surface area contributed by atoms with Crippen LogP contribution >= 0.6 is 11.3 Å². The standard InChI is InChI=1S/C13H11FO3S/c1-16-10-7-8(14)6-9(13(10)17-2)12(15)11-4-3-5-18-11/h3-7H,1-2H3. The molecule has 0 saturated carbocycles. The third-order valence-electron chi connectivity index (χ3n) is 2.43. The second-order valence-corrected chi connectivity index (χ2v) is 4.44. The van der Waals surface area contributed by atoms with Crippen LogP contribution in [0.1, 0.15) is 15.2 Å². The second kappa shape index (κ2) is 5.18. The summed E-state index contributed by atoms with van der Waals surface area (Å²) in [5.41, 5.74) is 0.164. The molecule has 0 aliphatic rings. The molecule has 1 aromatic carbocycles. The molecule has 0 saturated heterocycles. The summed E-state index contributed by atoms with van der Waals surface area (Å²) in [6.07, 6.45) is 0. The maximum Gasteiger partial charge on any atom is 0.206 e. The number of hydrogen-bond donors (Lipinski definition) is 0. The van der Waals surface area contributed by atoms with E-state index >= 15 is 0 Å². The largest absolute Gasteiger partial charge is 0.493 e. The lowest BCUT2D eigenvalue weighted by Gasteiger charge is -2.11. The first kappa shape index (κ1) is 12.6. The van der Waals surface area contributed by atoms with E-state index in [1.165, 1.54) is 31.6 Å². The molecule has 18 heavy (non-hydrogen) atoms.